The number of hydrogen-bond acceptors (Lipinski definition) is 5. The molecule has 2 aliphatic heterocycles. The molecule has 0 atom stereocenters. The van der Waals surface area contributed by atoms with Crippen LogP contribution in [-0.4, -0.2) is 46.4 Å². The Morgan fingerprint density at radius 1 is 1.03 bits per heavy atom. The van der Waals surface area contributed by atoms with Gasteiger partial charge in [-0.25, -0.2) is 14.2 Å². The van der Waals surface area contributed by atoms with E-state index in [0.717, 1.165) is 56.7 Å². The number of carbonyl (C=O) groups is 1. The normalized spacial score (nSPS) is 19.1. The smallest absolute Gasteiger partial charge is 0.350 e. The van der Waals surface area contributed by atoms with Gasteiger partial charge in [0.1, 0.15) is 23.0 Å². The minimum Gasteiger partial charge on any atom is -0.384 e. The summed E-state index contributed by atoms with van der Waals surface area (Å²) in [5.74, 6) is 0.927. The number of amidine groups is 1. The summed E-state index contributed by atoms with van der Waals surface area (Å²) in [5.41, 5.74) is 6.82. The molecule has 3 N–H and O–H groups in total. The fourth-order valence-electron chi connectivity index (χ4n) is 5.45. The Kier molecular flexibility index (Phi) is 12.9. The van der Waals surface area contributed by atoms with E-state index >= 15 is 0 Å². The summed E-state index contributed by atoms with van der Waals surface area (Å²) in [5, 5.41) is 3.65. The van der Waals surface area contributed by atoms with Crippen molar-refractivity contribution in [1.82, 2.24) is 15.2 Å². The summed E-state index contributed by atoms with van der Waals surface area (Å²) >= 11 is 0. The number of nitrogen functional groups attached to an aromatic ring is 1. The van der Waals surface area contributed by atoms with Gasteiger partial charge < -0.3 is 11.1 Å². The molecule has 1 saturated carbocycles. The Morgan fingerprint density at radius 3 is 2.35 bits per heavy atom. The van der Waals surface area contributed by atoms with E-state index in [-0.39, 0.29) is 61.5 Å². The van der Waals surface area contributed by atoms with Crippen LogP contribution in [0.25, 0.3) is 0 Å². The van der Waals surface area contributed by atoms with Gasteiger partial charge in [-0.1, -0.05) is 31.4 Å². The molecule has 12 heteroatoms. The Bertz CT molecular complexity index is 1040. The molecule has 206 valence electrons. The molecule has 0 radical (unpaired) electrons. The number of piperidine rings is 1. The second-order valence-corrected chi connectivity index (χ2v) is 9.44. The topological polar surface area (TPSA) is 86.8 Å². The maximum absolute atomic E-state index is 14.1. The molecule has 1 saturated heterocycles. The van der Waals surface area contributed by atoms with Gasteiger partial charge >= 0.3 is 6.03 Å². The highest BCUT2D eigenvalue weighted by Crippen LogP contribution is 2.39. The third-order valence-electron chi connectivity index (χ3n) is 7.22. The van der Waals surface area contributed by atoms with Gasteiger partial charge in [-0.05, 0) is 55.5 Å². The van der Waals surface area contributed by atoms with E-state index in [1.807, 2.05) is 18.3 Å². The average molecular weight is 596 g/mol. The minimum atomic E-state index is -0.571. The second-order valence-electron chi connectivity index (χ2n) is 9.44. The van der Waals surface area contributed by atoms with Crippen LogP contribution >= 0.6 is 49.6 Å². The van der Waals surface area contributed by atoms with Crippen LogP contribution in [0.2, 0.25) is 0 Å². The summed E-state index contributed by atoms with van der Waals surface area (Å²) in [7, 11) is 0. The number of aliphatic imine (C=N–C) groups is 1. The van der Waals surface area contributed by atoms with E-state index in [1.165, 1.54) is 31.4 Å². The van der Waals surface area contributed by atoms with E-state index in [1.54, 1.807) is 17.0 Å². The Morgan fingerprint density at radius 2 is 1.73 bits per heavy atom. The lowest BCUT2D eigenvalue weighted by atomic mass is 9.83. The van der Waals surface area contributed by atoms with Crippen molar-refractivity contribution in [2.24, 2.45) is 4.99 Å². The van der Waals surface area contributed by atoms with Crippen molar-refractivity contribution in [2.45, 2.75) is 63.1 Å². The van der Waals surface area contributed by atoms with E-state index in [2.05, 4.69) is 20.2 Å². The number of benzene rings is 1. The highest BCUT2D eigenvalue weighted by molar-refractivity contribution is 6.16. The number of pyridine rings is 1. The standard InChI is InChI=1S/C25H31FN6O.4ClH/c26-19-5-4-8-21(15-19)32-24(33)30-23(29-20-6-2-1-3-7-20)25(32)11-13-31(14-12-25)17-18-9-10-22(27)28-16-18;;;;/h4-5,8-10,15-16,20H,1-3,6-7,11-14,17H2,(H2,27,28)(H,29,30,33);4*1H. The summed E-state index contributed by atoms with van der Waals surface area (Å²) in [6, 6.07) is 10.1. The van der Waals surface area contributed by atoms with Crippen molar-refractivity contribution < 1.29 is 9.18 Å². The van der Waals surface area contributed by atoms with Crippen LogP contribution in [0.15, 0.2) is 47.6 Å². The van der Waals surface area contributed by atoms with E-state index in [0.29, 0.717) is 17.5 Å². The SMILES string of the molecule is Cl.Cl.Cl.Cl.Nc1ccc(CN2CCC3(CC2)C(NC2CCCCC2)=NC(=O)N3c2cccc(F)c2)cn1. The molecule has 7 nitrogen and oxygen atoms in total. The molecule has 1 spiro atoms. The molecular formula is C25H35Cl4FN6O. The molecule has 1 aromatic carbocycles. The molecule has 2 fully saturated rings. The average Bonchev–Trinajstić information content (AvgIpc) is 3.08. The van der Waals surface area contributed by atoms with Gasteiger partial charge in [0.2, 0.25) is 0 Å². The van der Waals surface area contributed by atoms with Crippen LogP contribution in [-0.2, 0) is 6.54 Å². The Balaban J connectivity index is 0.00000171. The molecule has 5 rings (SSSR count). The van der Waals surface area contributed by atoms with Crippen molar-refractivity contribution in [3.8, 4) is 0 Å². The zero-order valence-corrected chi connectivity index (χ0v) is 23.7. The summed E-state index contributed by atoms with van der Waals surface area (Å²) in [6.07, 6.45) is 9.13. The first-order valence-corrected chi connectivity index (χ1v) is 11.9. The van der Waals surface area contributed by atoms with Crippen LogP contribution in [0, 0.1) is 5.82 Å². The largest absolute Gasteiger partial charge is 0.384 e. The lowest BCUT2D eigenvalue weighted by molar-refractivity contribution is 0.181. The monoisotopic (exact) mass is 594 g/mol. The zero-order valence-electron chi connectivity index (χ0n) is 20.5. The van der Waals surface area contributed by atoms with Crippen LogP contribution in [0.5, 0.6) is 0 Å². The Hall–Kier alpha value is -1.84. The number of carbonyl (C=O) groups excluding carboxylic acids is 1. The number of nitrogens with one attached hydrogen (secondary N) is 1. The number of likely N-dealkylation sites (tertiary alicyclic amines) is 1. The van der Waals surface area contributed by atoms with Crippen molar-refractivity contribution >= 4 is 73.0 Å². The van der Waals surface area contributed by atoms with Crippen molar-refractivity contribution in [3.05, 3.63) is 54.0 Å². The molecule has 0 bridgehead atoms. The van der Waals surface area contributed by atoms with Gasteiger partial charge in [-0.2, -0.15) is 4.99 Å². The number of nitrogens with zero attached hydrogens (tertiary/aromatic N) is 4. The second kappa shape index (κ2) is 14.4. The number of anilines is 2. The molecule has 3 aliphatic rings. The fourth-order valence-corrected chi connectivity index (χ4v) is 5.45. The van der Waals surface area contributed by atoms with Crippen LogP contribution in [0.3, 0.4) is 0 Å². The molecule has 2 amide bonds. The van der Waals surface area contributed by atoms with Crippen LogP contribution < -0.4 is 16.0 Å². The van der Waals surface area contributed by atoms with Gasteiger partial charge in [-0.3, -0.25) is 9.80 Å². The number of rotatable bonds is 4. The third kappa shape index (κ3) is 7.18. The lowest BCUT2D eigenvalue weighted by Crippen LogP contribution is -2.62. The van der Waals surface area contributed by atoms with Crippen LogP contribution in [0.1, 0.15) is 50.5 Å². The van der Waals surface area contributed by atoms with Crippen LogP contribution in [0.4, 0.5) is 20.7 Å². The number of urea groups is 1. The first kappa shape index (κ1) is 33.2. The van der Waals surface area contributed by atoms with E-state index < -0.39 is 5.54 Å². The molecule has 37 heavy (non-hydrogen) atoms. The molecular weight excluding hydrogens is 561 g/mol. The van der Waals surface area contributed by atoms with E-state index in [9.17, 15) is 9.18 Å². The number of nitrogens with two attached hydrogens (primary N) is 1. The summed E-state index contributed by atoms with van der Waals surface area (Å²) in [6.45, 7) is 2.38. The number of hydrogen-bond donors (Lipinski definition) is 2. The number of halogens is 5. The highest BCUT2D eigenvalue weighted by atomic mass is 35.5. The summed E-state index contributed by atoms with van der Waals surface area (Å²) in [4.78, 5) is 25.9. The van der Waals surface area contributed by atoms with E-state index in [4.69, 9.17) is 5.73 Å². The van der Waals surface area contributed by atoms with Gasteiger partial charge in [0.25, 0.3) is 0 Å². The molecule has 1 aliphatic carbocycles. The molecule has 0 unspecified atom stereocenters. The highest BCUT2D eigenvalue weighted by Gasteiger charge is 2.52. The predicted molar refractivity (Wildman–Crippen MR) is 157 cm³/mol. The Labute approximate surface area is 242 Å². The van der Waals surface area contributed by atoms with Gasteiger partial charge in [-0.15, -0.1) is 49.6 Å². The predicted octanol–water partition coefficient (Wildman–Crippen LogP) is 5.79. The van der Waals surface area contributed by atoms with Crippen molar-refractivity contribution in [3.63, 3.8) is 0 Å². The maximum Gasteiger partial charge on any atom is 0.350 e. The minimum absolute atomic E-state index is 0. The number of aromatic nitrogens is 1. The quantitative estimate of drug-likeness (QED) is 0.467. The van der Waals surface area contributed by atoms with Gasteiger partial charge in [0, 0.05) is 37.6 Å². The van der Waals surface area contributed by atoms with Gasteiger partial charge in [0.15, 0.2) is 0 Å². The van der Waals surface area contributed by atoms with Crippen molar-refractivity contribution in [1.29, 1.82) is 0 Å². The maximum atomic E-state index is 14.1. The fraction of sp³-hybridized carbons (Fsp3) is 0.480. The lowest BCUT2D eigenvalue weighted by Gasteiger charge is -2.45. The number of amides is 2. The first-order valence-electron chi connectivity index (χ1n) is 11.9. The van der Waals surface area contributed by atoms with Crippen molar-refractivity contribution in [2.75, 3.05) is 23.7 Å². The molecule has 1 aromatic heterocycles. The molecule has 2 aromatic rings. The first-order chi connectivity index (χ1) is 16.0. The molecule has 3 heterocycles. The third-order valence-corrected chi connectivity index (χ3v) is 7.22. The summed E-state index contributed by atoms with van der Waals surface area (Å²) < 4.78 is 14.1. The van der Waals surface area contributed by atoms with Gasteiger partial charge in [0.05, 0.1) is 0 Å². The zero-order chi connectivity index (χ0) is 22.8.